The summed E-state index contributed by atoms with van der Waals surface area (Å²) in [6.45, 7) is 11.7. The van der Waals surface area contributed by atoms with Gasteiger partial charge >= 0.3 is 0 Å². The molecule has 1 aromatic heterocycles. The normalized spacial score (nSPS) is 13.4. The van der Waals surface area contributed by atoms with Crippen molar-refractivity contribution in [2.45, 2.75) is 41.2 Å². The first-order valence-electron chi connectivity index (χ1n) is 6.91. The number of nitrogens with zero attached hydrogens (tertiary/aromatic N) is 4. The Kier molecular flexibility index (Phi) is 3.79. The van der Waals surface area contributed by atoms with Gasteiger partial charge in [0.25, 0.3) is 0 Å². The van der Waals surface area contributed by atoms with E-state index < -0.39 is 0 Å². The van der Waals surface area contributed by atoms with Crippen molar-refractivity contribution >= 4 is 5.69 Å². The molecule has 0 radical (unpaired) electrons. The van der Waals surface area contributed by atoms with E-state index in [1.54, 1.807) is 0 Å². The maximum Gasteiger partial charge on any atom is 0.182 e. The lowest BCUT2D eigenvalue weighted by atomic mass is 9.82. The fourth-order valence-electron chi connectivity index (χ4n) is 1.99. The van der Waals surface area contributed by atoms with E-state index in [4.69, 9.17) is 5.73 Å². The van der Waals surface area contributed by atoms with E-state index in [0.717, 1.165) is 29.2 Å². The van der Waals surface area contributed by atoms with Gasteiger partial charge in [0, 0.05) is 17.8 Å². The van der Waals surface area contributed by atoms with E-state index in [0.29, 0.717) is 5.92 Å². The van der Waals surface area contributed by atoms with Crippen molar-refractivity contribution in [3.8, 4) is 11.4 Å². The first-order chi connectivity index (χ1) is 9.29. The van der Waals surface area contributed by atoms with Gasteiger partial charge in [0.15, 0.2) is 5.82 Å². The Morgan fingerprint density at radius 1 is 1.30 bits per heavy atom. The second-order valence-electron chi connectivity index (χ2n) is 6.53. The molecule has 0 fully saturated rings. The van der Waals surface area contributed by atoms with Crippen molar-refractivity contribution in [3.63, 3.8) is 0 Å². The number of hydrogen-bond donors (Lipinski definition) is 1. The van der Waals surface area contributed by atoms with Gasteiger partial charge in [0.2, 0.25) is 0 Å². The van der Waals surface area contributed by atoms with Crippen LogP contribution in [0.1, 0.15) is 33.3 Å². The molecule has 5 heteroatoms. The maximum absolute atomic E-state index is 5.80. The molecule has 0 aliphatic carbocycles. The summed E-state index contributed by atoms with van der Waals surface area (Å²) in [5.74, 6) is 1.28. The zero-order valence-corrected chi connectivity index (χ0v) is 12.9. The number of nitrogens with two attached hydrogens (primary N) is 1. The molecule has 2 aromatic rings. The molecule has 0 saturated carbocycles. The standard InChI is InChI=1S/C15H23N5/c1-10-8-12(16)6-7-13(10)14-17-18-19-20(14)9-11(2)15(3,4)5/h6-8,11H,9,16H2,1-5H3. The van der Waals surface area contributed by atoms with E-state index in [9.17, 15) is 0 Å². The Hall–Kier alpha value is -1.91. The Labute approximate surface area is 120 Å². The van der Waals surface area contributed by atoms with Crippen LogP contribution in [-0.2, 0) is 6.54 Å². The summed E-state index contributed by atoms with van der Waals surface area (Å²) < 4.78 is 1.88. The van der Waals surface area contributed by atoms with Gasteiger partial charge in [-0.2, -0.15) is 0 Å². The summed E-state index contributed by atoms with van der Waals surface area (Å²) in [5, 5.41) is 12.1. The van der Waals surface area contributed by atoms with Crippen molar-refractivity contribution in [1.82, 2.24) is 20.2 Å². The third-order valence-electron chi connectivity index (χ3n) is 3.95. The third kappa shape index (κ3) is 2.98. The van der Waals surface area contributed by atoms with Crippen LogP contribution in [0.2, 0.25) is 0 Å². The van der Waals surface area contributed by atoms with Crippen LogP contribution >= 0.6 is 0 Å². The molecule has 2 N–H and O–H groups in total. The number of anilines is 1. The SMILES string of the molecule is Cc1cc(N)ccc1-c1nnnn1CC(C)C(C)(C)C. The highest BCUT2D eigenvalue weighted by Gasteiger charge is 2.22. The van der Waals surface area contributed by atoms with Gasteiger partial charge in [-0.05, 0) is 52.4 Å². The van der Waals surface area contributed by atoms with Gasteiger partial charge in [-0.1, -0.05) is 27.7 Å². The van der Waals surface area contributed by atoms with Crippen LogP contribution in [0.15, 0.2) is 18.2 Å². The summed E-state index contributed by atoms with van der Waals surface area (Å²) >= 11 is 0. The topological polar surface area (TPSA) is 69.6 Å². The lowest BCUT2D eigenvalue weighted by Gasteiger charge is -2.27. The van der Waals surface area contributed by atoms with Crippen LogP contribution in [0.5, 0.6) is 0 Å². The lowest BCUT2D eigenvalue weighted by molar-refractivity contribution is 0.225. The van der Waals surface area contributed by atoms with Crippen LogP contribution < -0.4 is 5.73 Å². The third-order valence-corrected chi connectivity index (χ3v) is 3.95. The van der Waals surface area contributed by atoms with Gasteiger partial charge in [-0.25, -0.2) is 4.68 Å². The minimum absolute atomic E-state index is 0.222. The van der Waals surface area contributed by atoms with Gasteiger partial charge in [0.1, 0.15) is 0 Å². The Morgan fingerprint density at radius 3 is 2.60 bits per heavy atom. The van der Waals surface area contributed by atoms with E-state index >= 15 is 0 Å². The fraction of sp³-hybridized carbons (Fsp3) is 0.533. The molecule has 1 unspecified atom stereocenters. The lowest BCUT2D eigenvalue weighted by Crippen LogP contribution is -2.23. The highest BCUT2D eigenvalue weighted by Crippen LogP contribution is 2.28. The van der Waals surface area contributed by atoms with Crippen molar-refractivity contribution in [2.75, 3.05) is 5.73 Å². The van der Waals surface area contributed by atoms with E-state index in [1.807, 2.05) is 29.8 Å². The molecule has 0 aliphatic heterocycles. The zero-order valence-electron chi connectivity index (χ0n) is 12.9. The minimum atomic E-state index is 0.222. The molecular weight excluding hydrogens is 250 g/mol. The summed E-state index contributed by atoms with van der Waals surface area (Å²) in [5.41, 5.74) is 8.90. The number of hydrogen-bond acceptors (Lipinski definition) is 4. The molecule has 0 saturated heterocycles. The maximum atomic E-state index is 5.80. The molecular formula is C15H23N5. The quantitative estimate of drug-likeness (QED) is 0.873. The number of aryl methyl sites for hydroxylation is 1. The highest BCUT2D eigenvalue weighted by atomic mass is 15.5. The molecule has 1 aromatic carbocycles. The predicted molar refractivity (Wildman–Crippen MR) is 81.0 cm³/mol. The monoisotopic (exact) mass is 273 g/mol. The molecule has 0 aliphatic rings. The largest absolute Gasteiger partial charge is 0.399 e. The number of tetrazole rings is 1. The molecule has 5 nitrogen and oxygen atoms in total. The summed E-state index contributed by atoms with van der Waals surface area (Å²) in [7, 11) is 0. The Morgan fingerprint density at radius 2 is 2.00 bits per heavy atom. The second kappa shape index (κ2) is 5.23. The predicted octanol–water partition coefficient (Wildman–Crippen LogP) is 2.91. The first-order valence-corrected chi connectivity index (χ1v) is 6.91. The van der Waals surface area contributed by atoms with E-state index in [-0.39, 0.29) is 5.41 Å². The Balaban J connectivity index is 2.33. The number of aromatic nitrogens is 4. The van der Waals surface area contributed by atoms with Gasteiger partial charge in [0.05, 0.1) is 0 Å². The average molecular weight is 273 g/mol. The van der Waals surface area contributed by atoms with E-state index in [2.05, 4.69) is 43.2 Å². The fourth-order valence-corrected chi connectivity index (χ4v) is 1.99. The second-order valence-corrected chi connectivity index (χ2v) is 6.53. The molecule has 108 valence electrons. The average Bonchev–Trinajstić information content (AvgIpc) is 2.76. The van der Waals surface area contributed by atoms with Gasteiger partial charge in [-0.3, -0.25) is 0 Å². The summed E-state index contributed by atoms with van der Waals surface area (Å²) in [6.07, 6.45) is 0. The van der Waals surface area contributed by atoms with Crippen LogP contribution in [0.4, 0.5) is 5.69 Å². The molecule has 1 heterocycles. The molecule has 0 amide bonds. The van der Waals surface area contributed by atoms with Crippen LogP contribution in [0.3, 0.4) is 0 Å². The molecule has 2 rings (SSSR count). The van der Waals surface area contributed by atoms with Crippen molar-refractivity contribution in [1.29, 1.82) is 0 Å². The van der Waals surface area contributed by atoms with Crippen LogP contribution in [-0.4, -0.2) is 20.2 Å². The zero-order chi connectivity index (χ0) is 14.9. The number of rotatable bonds is 3. The van der Waals surface area contributed by atoms with Crippen LogP contribution in [0, 0.1) is 18.3 Å². The van der Waals surface area contributed by atoms with Crippen LogP contribution in [0.25, 0.3) is 11.4 Å². The van der Waals surface area contributed by atoms with Crippen molar-refractivity contribution in [2.24, 2.45) is 11.3 Å². The molecule has 0 spiro atoms. The number of nitrogen functional groups attached to an aromatic ring is 1. The van der Waals surface area contributed by atoms with Crippen molar-refractivity contribution in [3.05, 3.63) is 23.8 Å². The molecule has 0 bridgehead atoms. The minimum Gasteiger partial charge on any atom is -0.399 e. The van der Waals surface area contributed by atoms with Crippen molar-refractivity contribution < 1.29 is 0 Å². The molecule has 20 heavy (non-hydrogen) atoms. The smallest absolute Gasteiger partial charge is 0.182 e. The first kappa shape index (κ1) is 14.5. The Bertz CT molecular complexity index is 595. The van der Waals surface area contributed by atoms with Gasteiger partial charge in [-0.15, -0.1) is 5.10 Å². The summed E-state index contributed by atoms with van der Waals surface area (Å²) in [4.78, 5) is 0. The highest BCUT2D eigenvalue weighted by molar-refractivity contribution is 5.63. The molecule has 1 atom stereocenters. The summed E-state index contributed by atoms with van der Waals surface area (Å²) in [6, 6.07) is 5.81. The van der Waals surface area contributed by atoms with Gasteiger partial charge < -0.3 is 5.73 Å². The number of benzene rings is 1. The van der Waals surface area contributed by atoms with E-state index in [1.165, 1.54) is 0 Å².